The van der Waals surface area contributed by atoms with Crippen molar-refractivity contribution in [1.82, 2.24) is 9.80 Å². The van der Waals surface area contributed by atoms with Crippen molar-refractivity contribution in [2.45, 2.75) is 51.2 Å². The van der Waals surface area contributed by atoms with Crippen LogP contribution in [0.15, 0.2) is 24.3 Å². The molecule has 1 aliphatic heterocycles. The van der Waals surface area contributed by atoms with Crippen molar-refractivity contribution >= 4 is 0 Å². The van der Waals surface area contributed by atoms with E-state index in [0.717, 1.165) is 25.6 Å². The summed E-state index contributed by atoms with van der Waals surface area (Å²) >= 11 is 0. The van der Waals surface area contributed by atoms with Crippen molar-refractivity contribution < 1.29 is 0 Å². The van der Waals surface area contributed by atoms with E-state index in [1.165, 1.54) is 37.1 Å². The highest BCUT2D eigenvalue weighted by atomic mass is 15.3. The maximum atomic E-state index is 6.47. The lowest BCUT2D eigenvalue weighted by Gasteiger charge is -2.41. The van der Waals surface area contributed by atoms with E-state index in [2.05, 4.69) is 47.9 Å². The highest BCUT2D eigenvalue weighted by molar-refractivity contribution is 5.25. The van der Waals surface area contributed by atoms with Gasteiger partial charge in [0.25, 0.3) is 0 Å². The molecule has 2 atom stereocenters. The summed E-state index contributed by atoms with van der Waals surface area (Å²) in [6.45, 7) is 9.08. The van der Waals surface area contributed by atoms with Gasteiger partial charge in [0.15, 0.2) is 0 Å². The Kier molecular flexibility index (Phi) is 4.63. The number of benzene rings is 1. The van der Waals surface area contributed by atoms with E-state index in [9.17, 15) is 0 Å². The fraction of sp³-hybridized carbons (Fsp3) is 0.667. The minimum absolute atomic E-state index is 0.222. The van der Waals surface area contributed by atoms with Gasteiger partial charge in [-0.1, -0.05) is 36.8 Å². The molecule has 3 nitrogen and oxygen atoms in total. The van der Waals surface area contributed by atoms with Gasteiger partial charge >= 0.3 is 0 Å². The van der Waals surface area contributed by atoms with Gasteiger partial charge in [-0.05, 0) is 31.7 Å². The van der Waals surface area contributed by atoms with Crippen LogP contribution in [-0.2, 0) is 0 Å². The molecular formula is C18H29N3. The first-order valence-corrected chi connectivity index (χ1v) is 8.49. The third-order valence-corrected chi connectivity index (χ3v) is 5.10. The van der Waals surface area contributed by atoms with Gasteiger partial charge < -0.3 is 5.73 Å². The largest absolute Gasteiger partial charge is 0.326 e. The van der Waals surface area contributed by atoms with E-state index in [1.807, 2.05) is 0 Å². The van der Waals surface area contributed by atoms with Crippen LogP contribution in [0.5, 0.6) is 0 Å². The predicted molar refractivity (Wildman–Crippen MR) is 88.4 cm³/mol. The first-order chi connectivity index (χ1) is 10.2. The van der Waals surface area contributed by atoms with Crippen LogP contribution in [0, 0.1) is 6.92 Å². The second-order valence-corrected chi connectivity index (χ2v) is 6.73. The topological polar surface area (TPSA) is 32.5 Å². The number of rotatable bonds is 5. The Balaban J connectivity index is 1.71. The number of nitrogens with two attached hydrogens (primary N) is 1. The van der Waals surface area contributed by atoms with Crippen LogP contribution in [0.25, 0.3) is 0 Å². The Morgan fingerprint density at radius 2 is 1.71 bits per heavy atom. The van der Waals surface area contributed by atoms with Gasteiger partial charge in [0.2, 0.25) is 0 Å². The van der Waals surface area contributed by atoms with Crippen LogP contribution in [0.1, 0.15) is 43.4 Å². The minimum atomic E-state index is 0.222. The van der Waals surface area contributed by atoms with Gasteiger partial charge in [-0.2, -0.15) is 0 Å². The third kappa shape index (κ3) is 3.47. The Hall–Kier alpha value is -0.900. The Morgan fingerprint density at radius 1 is 1.10 bits per heavy atom. The second kappa shape index (κ2) is 6.47. The number of hydrogen-bond acceptors (Lipinski definition) is 3. The zero-order valence-corrected chi connectivity index (χ0v) is 13.5. The first-order valence-electron chi connectivity index (χ1n) is 8.49. The first kappa shape index (κ1) is 15.0. The summed E-state index contributed by atoms with van der Waals surface area (Å²) in [6, 6.07) is 10.4. The monoisotopic (exact) mass is 287 g/mol. The molecule has 116 valence electrons. The van der Waals surface area contributed by atoms with Crippen LogP contribution < -0.4 is 5.73 Å². The Morgan fingerprint density at radius 3 is 2.24 bits per heavy atom. The summed E-state index contributed by atoms with van der Waals surface area (Å²) in [7, 11) is 0. The van der Waals surface area contributed by atoms with Gasteiger partial charge in [0.05, 0.1) is 0 Å². The third-order valence-electron chi connectivity index (χ3n) is 5.10. The molecule has 3 heteroatoms. The van der Waals surface area contributed by atoms with Gasteiger partial charge in [-0.3, -0.25) is 9.80 Å². The molecule has 2 fully saturated rings. The maximum Gasteiger partial charge on any atom is 0.0500 e. The molecule has 1 saturated carbocycles. The molecule has 0 bridgehead atoms. The quantitative estimate of drug-likeness (QED) is 0.903. The zero-order chi connectivity index (χ0) is 14.8. The molecule has 2 unspecified atom stereocenters. The normalized spacial score (nSPS) is 24.0. The summed E-state index contributed by atoms with van der Waals surface area (Å²) in [5.74, 6) is 0. The predicted octanol–water partition coefficient (Wildman–Crippen LogP) is 2.55. The highest BCUT2D eigenvalue weighted by Crippen LogP contribution is 2.31. The van der Waals surface area contributed by atoms with Gasteiger partial charge in [-0.25, -0.2) is 0 Å². The van der Waals surface area contributed by atoms with Crippen LogP contribution in [0.2, 0.25) is 0 Å². The average Bonchev–Trinajstić information content (AvgIpc) is 3.35. The van der Waals surface area contributed by atoms with Crippen molar-refractivity contribution in [3.05, 3.63) is 35.4 Å². The molecule has 21 heavy (non-hydrogen) atoms. The summed E-state index contributed by atoms with van der Waals surface area (Å²) in [5.41, 5.74) is 9.17. The highest BCUT2D eigenvalue weighted by Gasteiger charge is 2.34. The number of piperazine rings is 1. The summed E-state index contributed by atoms with van der Waals surface area (Å²) in [4.78, 5) is 5.28. The standard InChI is InChI=1S/C18H29N3/c1-3-17(19)18(15-6-4-14(2)5-7-15)21-12-10-20(11-13-21)16-8-9-16/h4-7,16-18H,3,8-13,19H2,1-2H3. The molecule has 1 saturated heterocycles. The lowest BCUT2D eigenvalue weighted by Crippen LogP contribution is -2.51. The Labute approximate surface area is 129 Å². The SMILES string of the molecule is CCC(N)C(c1ccc(C)cc1)N1CCN(C2CC2)CC1. The van der Waals surface area contributed by atoms with E-state index >= 15 is 0 Å². The molecule has 1 aromatic rings. The molecule has 2 N–H and O–H groups in total. The summed E-state index contributed by atoms with van der Waals surface area (Å²) < 4.78 is 0. The van der Waals surface area contributed by atoms with E-state index in [1.54, 1.807) is 0 Å². The lowest BCUT2D eigenvalue weighted by molar-refractivity contribution is 0.0795. The van der Waals surface area contributed by atoms with E-state index < -0.39 is 0 Å². The van der Waals surface area contributed by atoms with Crippen molar-refractivity contribution in [2.75, 3.05) is 26.2 Å². The zero-order valence-electron chi connectivity index (χ0n) is 13.5. The second-order valence-electron chi connectivity index (χ2n) is 6.73. The van der Waals surface area contributed by atoms with Gasteiger partial charge in [0, 0.05) is 44.3 Å². The van der Waals surface area contributed by atoms with Crippen molar-refractivity contribution in [2.24, 2.45) is 5.73 Å². The van der Waals surface area contributed by atoms with E-state index in [4.69, 9.17) is 5.73 Å². The maximum absolute atomic E-state index is 6.47. The van der Waals surface area contributed by atoms with Crippen LogP contribution >= 0.6 is 0 Å². The molecule has 1 heterocycles. The summed E-state index contributed by atoms with van der Waals surface area (Å²) in [6.07, 6.45) is 3.85. The number of aryl methyl sites for hydroxylation is 1. The van der Waals surface area contributed by atoms with E-state index in [0.29, 0.717) is 6.04 Å². The number of hydrogen-bond donors (Lipinski definition) is 1. The molecule has 3 rings (SSSR count). The lowest BCUT2D eigenvalue weighted by atomic mass is 9.95. The van der Waals surface area contributed by atoms with Crippen LogP contribution in [-0.4, -0.2) is 48.1 Å². The van der Waals surface area contributed by atoms with E-state index in [-0.39, 0.29) is 6.04 Å². The Bertz CT molecular complexity index is 444. The van der Waals surface area contributed by atoms with Crippen molar-refractivity contribution in [3.63, 3.8) is 0 Å². The fourth-order valence-corrected chi connectivity index (χ4v) is 3.54. The molecule has 1 aliphatic carbocycles. The van der Waals surface area contributed by atoms with Gasteiger partial charge in [-0.15, -0.1) is 0 Å². The van der Waals surface area contributed by atoms with Crippen LogP contribution in [0.4, 0.5) is 0 Å². The van der Waals surface area contributed by atoms with Crippen molar-refractivity contribution in [3.8, 4) is 0 Å². The molecule has 0 radical (unpaired) electrons. The summed E-state index contributed by atoms with van der Waals surface area (Å²) in [5, 5.41) is 0. The molecule has 0 spiro atoms. The van der Waals surface area contributed by atoms with Crippen LogP contribution in [0.3, 0.4) is 0 Å². The smallest absolute Gasteiger partial charge is 0.0500 e. The average molecular weight is 287 g/mol. The molecule has 2 aliphatic rings. The fourth-order valence-electron chi connectivity index (χ4n) is 3.54. The molecular weight excluding hydrogens is 258 g/mol. The van der Waals surface area contributed by atoms with Crippen molar-refractivity contribution in [1.29, 1.82) is 0 Å². The minimum Gasteiger partial charge on any atom is -0.326 e. The number of nitrogens with zero attached hydrogens (tertiary/aromatic N) is 2. The van der Waals surface area contributed by atoms with Gasteiger partial charge in [0.1, 0.15) is 0 Å². The molecule has 0 aromatic heterocycles. The molecule has 0 amide bonds. The molecule has 1 aromatic carbocycles.